The Balaban J connectivity index is 1.84. The van der Waals surface area contributed by atoms with Crippen LogP contribution in [0.3, 0.4) is 0 Å². The molecule has 2 aromatic heterocycles. The lowest BCUT2D eigenvalue weighted by Crippen LogP contribution is -2.38. The molecule has 1 saturated heterocycles. The number of nitrogens with one attached hydrogen (secondary N) is 1. The van der Waals surface area contributed by atoms with Crippen molar-refractivity contribution in [1.82, 2.24) is 20.4 Å². The Bertz CT molecular complexity index is 945. The summed E-state index contributed by atoms with van der Waals surface area (Å²) < 4.78 is 0. The van der Waals surface area contributed by atoms with E-state index >= 15 is 0 Å². The molecule has 4 rings (SSSR count). The van der Waals surface area contributed by atoms with Gasteiger partial charge in [0.05, 0.1) is 22.0 Å². The molecular weight excluding hydrogens is 395 g/mol. The zero-order chi connectivity index (χ0) is 19.7. The molecule has 3 aromatic rings. The number of hydrogen-bond acceptors (Lipinski definition) is 4. The quantitative estimate of drug-likeness (QED) is 0.702. The van der Waals surface area contributed by atoms with E-state index in [1.807, 2.05) is 36.5 Å². The first-order valence-corrected chi connectivity index (χ1v) is 9.60. The highest BCUT2D eigenvalue weighted by molar-refractivity contribution is 6.42. The molecule has 0 radical (unpaired) electrons. The smallest absolute Gasteiger partial charge is 0.245 e. The van der Waals surface area contributed by atoms with Gasteiger partial charge < -0.3 is 0 Å². The molecule has 0 spiro atoms. The molecule has 3 unspecified atom stereocenters. The van der Waals surface area contributed by atoms with Crippen LogP contribution in [0, 0.1) is 0 Å². The van der Waals surface area contributed by atoms with Gasteiger partial charge in [-0.3, -0.25) is 19.8 Å². The predicted molar refractivity (Wildman–Crippen MR) is 109 cm³/mol. The molecule has 1 N–H and O–H groups in total. The zero-order valence-electron chi connectivity index (χ0n) is 15.1. The summed E-state index contributed by atoms with van der Waals surface area (Å²) in [6.07, 6.45) is 7.09. The van der Waals surface area contributed by atoms with Gasteiger partial charge in [-0.05, 0) is 47.0 Å². The standard InChI is InChI=1S/C21H18Cl2N4O/c1-27-21(28)19(14-4-5-16(22)17(23)11-14)20(26-27)18(13-6-9-24-10-7-13)15-3-2-8-25-12-15/h2-12,18-20,26H,1H3. The van der Waals surface area contributed by atoms with E-state index in [9.17, 15) is 4.79 Å². The van der Waals surface area contributed by atoms with Gasteiger partial charge in [-0.1, -0.05) is 35.3 Å². The fourth-order valence-electron chi connectivity index (χ4n) is 3.78. The Morgan fingerprint density at radius 2 is 1.79 bits per heavy atom. The molecule has 3 atom stereocenters. The average molecular weight is 413 g/mol. The molecule has 28 heavy (non-hydrogen) atoms. The van der Waals surface area contributed by atoms with Crippen molar-refractivity contribution in [3.8, 4) is 0 Å². The molecule has 3 heterocycles. The largest absolute Gasteiger partial charge is 0.280 e. The first-order chi connectivity index (χ1) is 13.6. The Labute approximate surface area is 173 Å². The third kappa shape index (κ3) is 3.49. The number of hydrazine groups is 1. The van der Waals surface area contributed by atoms with Crippen LogP contribution in [0.1, 0.15) is 28.5 Å². The molecule has 0 aliphatic carbocycles. The summed E-state index contributed by atoms with van der Waals surface area (Å²) in [6, 6.07) is 13.0. The highest BCUT2D eigenvalue weighted by atomic mass is 35.5. The van der Waals surface area contributed by atoms with Gasteiger partial charge >= 0.3 is 0 Å². The number of hydrogen-bond donors (Lipinski definition) is 1. The highest BCUT2D eigenvalue weighted by Gasteiger charge is 2.44. The maximum Gasteiger partial charge on any atom is 0.245 e. The molecule has 0 saturated carbocycles. The lowest BCUT2D eigenvalue weighted by Gasteiger charge is -2.28. The Kier molecular flexibility index (Phi) is 5.31. The van der Waals surface area contributed by atoms with Crippen LogP contribution in [-0.2, 0) is 4.79 Å². The maximum absolute atomic E-state index is 13.0. The van der Waals surface area contributed by atoms with Crippen molar-refractivity contribution >= 4 is 29.1 Å². The zero-order valence-corrected chi connectivity index (χ0v) is 16.6. The van der Waals surface area contributed by atoms with Crippen molar-refractivity contribution in [2.45, 2.75) is 17.9 Å². The molecule has 1 aliphatic heterocycles. The van der Waals surface area contributed by atoms with Crippen molar-refractivity contribution in [3.63, 3.8) is 0 Å². The SMILES string of the molecule is CN1NC(C(c2ccncc2)c2cccnc2)C(c2ccc(Cl)c(Cl)c2)C1=O. The Morgan fingerprint density at radius 1 is 1.00 bits per heavy atom. The van der Waals surface area contributed by atoms with E-state index < -0.39 is 5.92 Å². The van der Waals surface area contributed by atoms with Crippen LogP contribution in [0.15, 0.2) is 67.3 Å². The van der Waals surface area contributed by atoms with Gasteiger partial charge in [0, 0.05) is 37.8 Å². The van der Waals surface area contributed by atoms with Gasteiger partial charge in [0.1, 0.15) is 0 Å². The van der Waals surface area contributed by atoms with Gasteiger partial charge in [0.25, 0.3) is 0 Å². The van der Waals surface area contributed by atoms with Gasteiger partial charge in [0.2, 0.25) is 5.91 Å². The predicted octanol–water partition coefficient (Wildman–Crippen LogP) is 4.04. The monoisotopic (exact) mass is 412 g/mol. The first-order valence-electron chi connectivity index (χ1n) is 8.85. The van der Waals surface area contributed by atoms with E-state index in [0.717, 1.165) is 16.7 Å². The number of rotatable bonds is 4. The van der Waals surface area contributed by atoms with Crippen molar-refractivity contribution in [3.05, 3.63) is 94.0 Å². The fraction of sp³-hybridized carbons (Fsp3) is 0.190. The number of benzene rings is 1. The number of aromatic nitrogens is 2. The molecule has 0 bridgehead atoms. The van der Waals surface area contributed by atoms with E-state index in [2.05, 4.69) is 15.4 Å². The fourth-order valence-corrected chi connectivity index (χ4v) is 4.09. The van der Waals surface area contributed by atoms with Crippen LogP contribution >= 0.6 is 23.2 Å². The van der Waals surface area contributed by atoms with E-state index in [1.54, 1.807) is 42.8 Å². The summed E-state index contributed by atoms with van der Waals surface area (Å²) in [4.78, 5) is 21.5. The van der Waals surface area contributed by atoms with Crippen molar-refractivity contribution < 1.29 is 4.79 Å². The maximum atomic E-state index is 13.0. The second kappa shape index (κ2) is 7.87. The summed E-state index contributed by atoms with van der Waals surface area (Å²) in [7, 11) is 1.74. The van der Waals surface area contributed by atoms with Gasteiger partial charge in [-0.15, -0.1) is 0 Å². The Hall–Kier alpha value is -2.47. The lowest BCUT2D eigenvalue weighted by atomic mass is 9.78. The van der Waals surface area contributed by atoms with Crippen molar-refractivity contribution in [2.75, 3.05) is 7.05 Å². The van der Waals surface area contributed by atoms with Crippen LogP contribution < -0.4 is 5.43 Å². The summed E-state index contributed by atoms with van der Waals surface area (Å²) in [5.41, 5.74) is 6.23. The van der Waals surface area contributed by atoms with Crippen LogP contribution in [0.4, 0.5) is 0 Å². The molecule has 5 nitrogen and oxygen atoms in total. The number of carbonyl (C=O) groups is 1. The third-order valence-electron chi connectivity index (χ3n) is 5.07. The van der Waals surface area contributed by atoms with Crippen molar-refractivity contribution in [2.24, 2.45) is 0 Å². The number of amides is 1. The number of carbonyl (C=O) groups excluding carboxylic acids is 1. The Morgan fingerprint density at radius 3 is 2.46 bits per heavy atom. The molecule has 7 heteroatoms. The minimum absolute atomic E-state index is 0.0219. The van der Waals surface area contributed by atoms with Crippen LogP contribution in [0.5, 0.6) is 0 Å². The second-order valence-corrected chi connectivity index (χ2v) is 7.56. The second-order valence-electron chi connectivity index (χ2n) is 6.75. The van der Waals surface area contributed by atoms with Crippen molar-refractivity contribution in [1.29, 1.82) is 0 Å². The molecule has 1 amide bonds. The van der Waals surface area contributed by atoms with Gasteiger partial charge in [0.15, 0.2) is 0 Å². The van der Waals surface area contributed by atoms with E-state index in [4.69, 9.17) is 23.2 Å². The summed E-state index contributed by atoms with van der Waals surface area (Å²) >= 11 is 12.3. The van der Waals surface area contributed by atoms with E-state index in [-0.39, 0.29) is 17.9 Å². The van der Waals surface area contributed by atoms with Gasteiger partial charge in [-0.25, -0.2) is 5.43 Å². The number of nitrogens with zero attached hydrogens (tertiary/aromatic N) is 3. The summed E-state index contributed by atoms with van der Waals surface area (Å²) in [5.74, 6) is -0.547. The highest BCUT2D eigenvalue weighted by Crippen LogP contribution is 2.40. The first kappa shape index (κ1) is 18.9. The van der Waals surface area contributed by atoms with E-state index in [0.29, 0.717) is 10.0 Å². The van der Waals surface area contributed by atoms with Crippen LogP contribution in [-0.4, -0.2) is 34.0 Å². The van der Waals surface area contributed by atoms with Gasteiger partial charge in [-0.2, -0.15) is 0 Å². The van der Waals surface area contributed by atoms with Crippen LogP contribution in [0.2, 0.25) is 10.0 Å². The molecule has 142 valence electrons. The number of halogens is 2. The lowest BCUT2D eigenvalue weighted by molar-refractivity contribution is -0.129. The molecule has 1 fully saturated rings. The minimum Gasteiger partial charge on any atom is -0.280 e. The number of likely N-dealkylation sites (N-methyl/N-ethyl adjacent to an activating group) is 1. The van der Waals surface area contributed by atoms with E-state index in [1.165, 1.54) is 0 Å². The number of pyridine rings is 2. The minimum atomic E-state index is -0.418. The topological polar surface area (TPSA) is 58.1 Å². The average Bonchev–Trinajstić information content (AvgIpc) is 3.00. The third-order valence-corrected chi connectivity index (χ3v) is 5.81. The summed E-state index contributed by atoms with van der Waals surface area (Å²) in [5, 5.41) is 2.44. The summed E-state index contributed by atoms with van der Waals surface area (Å²) in [6.45, 7) is 0. The van der Waals surface area contributed by atoms with Crippen LogP contribution in [0.25, 0.3) is 0 Å². The normalized spacial score (nSPS) is 20.4. The molecule has 1 aromatic carbocycles. The molecule has 1 aliphatic rings. The molecular formula is C21H18Cl2N4O.